The van der Waals surface area contributed by atoms with Crippen molar-refractivity contribution in [2.75, 3.05) is 5.75 Å². The Labute approximate surface area is 180 Å². The maximum Gasteiger partial charge on any atom is 0.230 e. The van der Waals surface area contributed by atoms with Gasteiger partial charge in [0, 0.05) is 17.3 Å². The highest BCUT2D eigenvalue weighted by molar-refractivity contribution is 7.99. The number of halogens is 1. The predicted octanol–water partition coefficient (Wildman–Crippen LogP) is 4.86. The lowest BCUT2D eigenvalue weighted by Gasteiger charge is -2.26. The summed E-state index contributed by atoms with van der Waals surface area (Å²) in [7, 11) is 0. The lowest BCUT2D eigenvalue weighted by atomic mass is 9.87. The standard InChI is InChI=1S/C23H25FN4OS/c1-16-7-11-19(12-8-16)25-21(29)15-30-23-27-26-22(17-5-3-2-4-6-17)28(23)20-13-9-18(24)10-14-20/h2-6,9-10,13-14,16,19H,7-8,11-12,15H2,1H3,(H,25,29). The van der Waals surface area contributed by atoms with E-state index in [-0.39, 0.29) is 23.5 Å². The fourth-order valence-corrected chi connectivity index (χ4v) is 4.53. The second-order valence-electron chi connectivity index (χ2n) is 7.80. The fraction of sp³-hybridized carbons (Fsp3) is 0.348. The topological polar surface area (TPSA) is 59.8 Å². The van der Waals surface area contributed by atoms with Crippen molar-refractivity contribution in [3.63, 3.8) is 0 Å². The van der Waals surface area contributed by atoms with E-state index in [2.05, 4.69) is 22.4 Å². The Balaban J connectivity index is 1.52. The Morgan fingerprint density at radius 2 is 1.77 bits per heavy atom. The largest absolute Gasteiger partial charge is 0.353 e. The number of aromatic nitrogens is 3. The molecule has 156 valence electrons. The molecule has 0 atom stereocenters. The van der Waals surface area contributed by atoms with Crippen LogP contribution in [0.1, 0.15) is 32.6 Å². The van der Waals surface area contributed by atoms with Gasteiger partial charge in [-0.2, -0.15) is 0 Å². The van der Waals surface area contributed by atoms with Crippen molar-refractivity contribution in [1.29, 1.82) is 0 Å². The number of hydrogen-bond acceptors (Lipinski definition) is 4. The van der Waals surface area contributed by atoms with E-state index < -0.39 is 0 Å². The van der Waals surface area contributed by atoms with Crippen molar-refractivity contribution in [3.8, 4) is 17.1 Å². The van der Waals surface area contributed by atoms with Crippen LogP contribution in [0.25, 0.3) is 17.1 Å². The Kier molecular flexibility index (Phi) is 6.47. The Morgan fingerprint density at radius 3 is 2.47 bits per heavy atom. The first kappa shape index (κ1) is 20.6. The molecule has 0 saturated heterocycles. The number of hydrogen-bond donors (Lipinski definition) is 1. The van der Waals surface area contributed by atoms with Gasteiger partial charge in [0.1, 0.15) is 5.82 Å². The van der Waals surface area contributed by atoms with Gasteiger partial charge < -0.3 is 5.32 Å². The van der Waals surface area contributed by atoms with Crippen LogP contribution in [-0.4, -0.2) is 32.5 Å². The summed E-state index contributed by atoms with van der Waals surface area (Å²) in [6, 6.07) is 16.2. The van der Waals surface area contributed by atoms with Gasteiger partial charge >= 0.3 is 0 Å². The van der Waals surface area contributed by atoms with Crippen LogP contribution in [-0.2, 0) is 4.79 Å². The van der Waals surface area contributed by atoms with Gasteiger partial charge in [-0.1, -0.05) is 49.0 Å². The summed E-state index contributed by atoms with van der Waals surface area (Å²) < 4.78 is 15.3. The molecule has 1 saturated carbocycles. The molecule has 0 aliphatic heterocycles. The lowest BCUT2D eigenvalue weighted by Crippen LogP contribution is -2.38. The van der Waals surface area contributed by atoms with Crippen molar-refractivity contribution in [1.82, 2.24) is 20.1 Å². The summed E-state index contributed by atoms with van der Waals surface area (Å²) in [4.78, 5) is 12.5. The molecule has 5 nitrogen and oxygen atoms in total. The third kappa shape index (κ3) is 4.90. The number of nitrogens with zero attached hydrogens (tertiary/aromatic N) is 3. The van der Waals surface area contributed by atoms with E-state index in [0.717, 1.165) is 42.9 Å². The molecular weight excluding hydrogens is 399 g/mol. The smallest absolute Gasteiger partial charge is 0.230 e. The van der Waals surface area contributed by atoms with E-state index in [9.17, 15) is 9.18 Å². The van der Waals surface area contributed by atoms with E-state index in [1.807, 2.05) is 34.9 Å². The first-order valence-corrected chi connectivity index (χ1v) is 11.3. The molecule has 1 N–H and O–H groups in total. The summed E-state index contributed by atoms with van der Waals surface area (Å²) in [6.45, 7) is 2.26. The average molecular weight is 425 g/mol. The molecule has 4 rings (SSSR count). The molecule has 30 heavy (non-hydrogen) atoms. The number of nitrogens with one attached hydrogen (secondary N) is 1. The van der Waals surface area contributed by atoms with Crippen molar-refractivity contribution in [2.45, 2.75) is 43.8 Å². The third-order valence-corrected chi connectivity index (χ3v) is 6.39. The lowest BCUT2D eigenvalue weighted by molar-refractivity contribution is -0.119. The minimum Gasteiger partial charge on any atom is -0.353 e. The van der Waals surface area contributed by atoms with Gasteiger partial charge in [0.05, 0.1) is 5.75 Å². The maximum atomic E-state index is 13.5. The molecule has 2 aromatic carbocycles. The van der Waals surface area contributed by atoms with E-state index >= 15 is 0 Å². The Morgan fingerprint density at radius 1 is 1.07 bits per heavy atom. The molecule has 7 heteroatoms. The normalized spacial score (nSPS) is 18.9. The monoisotopic (exact) mass is 424 g/mol. The maximum absolute atomic E-state index is 13.5. The summed E-state index contributed by atoms with van der Waals surface area (Å²) in [5, 5.41) is 12.4. The van der Waals surface area contributed by atoms with Crippen LogP contribution in [0.5, 0.6) is 0 Å². The van der Waals surface area contributed by atoms with Crippen LogP contribution in [0.3, 0.4) is 0 Å². The van der Waals surface area contributed by atoms with E-state index in [1.54, 1.807) is 12.1 Å². The average Bonchev–Trinajstić information content (AvgIpc) is 3.19. The molecule has 1 heterocycles. The molecule has 1 aliphatic rings. The van der Waals surface area contributed by atoms with Crippen LogP contribution in [0.15, 0.2) is 59.8 Å². The van der Waals surface area contributed by atoms with E-state index in [1.165, 1.54) is 23.9 Å². The molecule has 1 aliphatic carbocycles. The van der Waals surface area contributed by atoms with Crippen LogP contribution in [0.4, 0.5) is 4.39 Å². The molecule has 1 fully saturated rings. The summed E-state index contributed by atoms with van der Waals surface area (Å²) in [6.07, 6.45) is 4.41. The van der Waals surface area contributed by atoms with Gasteiger partial charge in [0.15, 0.2) is 11.0 Å². The van der Waals surface area contributed by atoms with E-state index in [0.29, 0.717) is 11.0 Å². The zero-order valence-corrected chi connectivity index (χ0v) is 17.7. The third-order valence-electron chi connectivity index (χ3n) is 5.46. The van der Waals surface area contributed by atoms with Gasteiger partial charge in [-0.3, -0.25) is 9.36 Å². The quantitative estimate of drug-likeness (QED) is 0.574. The second-order valence-corrected chi connectivity index (χ2v) is 8.74. The number of carbonyl (C=O) groups excluding carboxylic acids is 1. The van der Waals surface area contributed by atoms with Gasteiger partial charge in [-0.05, 0) is 55.9 Å². The summed E-state index contributed by atoms with van der Waals surface area (Å²) in [5.74, 6) is 1.38. The summed E-state index contributed by atoms with van der Waals surface area (Å²) in [5.41, 5.74) is 1.66. The highest BCUT2D eigenvalue weighted by atomic mass is 32.2. The predicted molar refractivity (Wildman–Crippen MR) is 117 cm³/mol. The van der Waals surface area contributed by atoms with Crippen molar-refractivity contribution in [3.05, 3.63) is 60.4 Å². The van der Waals surface area contributed by atoms with Crippen LogP contribution >= 0.6 is 11.8 Å². The number of benzene rings is 2. The first-order chi connectivity index (χ1) is 14.6. The highest BCUT2D eigenvalue weighted by Crippen LogP contribution is 2.28. The Bertz CT molecular complexity index is 982. The van der Waals surface area contributed by atoms with Crippen LogP contribution < -0.4 is 5.32 Å². The molecule has 0 unspecified atom stereocenters. The van der Waals surface area contributed by atoms with Crippen LogP contribution in [0.2, 0.25) is 0 Å². The van der Waals surface area contributed by atoms with Crippen molar-refractivity contribution >= 4 is 17.7 Å². The number of carbonyl (C=O) groups is 1. The molecule has 1 amide bonds. The van der Waals surface area contributed by atoms with E-state index in [4.69, 9.17) is 0 Å². The number of rotatable bonds is 6. The number of thioether (sulfide) groups is 1. The zero-order valence-electron chi connectivity index (χ0n) is 16.9. The molecule has 3 aromatic rings. The number of amides is 1. The van der Waals surface area contributed by atoms with Crippen LogP contribution in [0, 0.1) is 11.7 Å². The molecule has 0 spiro atoms. The SMILES string of the molecule is CC1CCC(NC(=O)CSc2nnc(-c3ccccc3)n2-c2ccc(F)cc2)CC1. The van der Waals surface area contributed by atoms with Crippen molar-refractivity contribution in [2.24, 2.45) is 5.92 Å². The molecular formula is C23H25FN4OS. The molecule has 0 bridgehead atoms. The fourth-order valence-electron chi connectivity index (χ4n) is 3.76. The highest BCUT2D eigenvalue weighted by Gasteiger charge is 2.21. The second kappa shape index (κ2) is 9.43. The Hall–Kier alpha value is -2.67. The van der Waals surface area contributed by atoms with Gasteiger partial charge in [0.2, 0.25) is 5.91 Å². The van der Waals surface area contributed by atoms with Gasteiger partial charge in [-0.25, -0.2) is 4.39 Å². The minimum absolute atomic E-state index is 0.00877. The van der Waals surface area contributed by atoms with Crippen molar-refractivity contribution < 1.29 is 9.18 Å². The molecule has 0 radical (unpaired) electrons. The van der Waals surface area contributed by atoms with Gasteiger partial charge in [0.25, 0.3) is 0 Å². The minimum atomic E-state index is -0.302. The summed E-state index contributed by atoms with van der Waals surface area (Å²) >= 11 is 1.34. The van der Waals surface area contributed by atoms with Gasteiger partial charge in [-0.15, -0.1) is 10.2 Å². The molecule has 1 aromatic heterocycles. The zero-order chi connectivity index (χ0) is 20.9. The first-order valence-electron chi connectivity index (χ1n) is 10.3.